The van der Waals surface area contributed by atoms with Gasteiger partial charge in [0.2, 0.25) is 0 Å². The van der Waals surface area contributed by atoms with Gasteiger partial charge < -0.3 is 15.1 Å². The molecule has 5 rings (SSSR count). The number of nitrogens with one attached hydrogen (secondary N) is 1. The van der Waals surface area contributed by atoms with E-state index < -0.39 is 0 Å². The number of carbonyl (C=O) groups is 2. The molecule has 3 aromatic rings. The maximum atomic E-state index is 13.6. The summed E-state index contributed by atoms with van der Waals surface area (Å²) in [5.41, 5.74) is 4.76. The summed E-state index contributed by atoms with van der Waals surface area (Å²) in [6, 6.07) is 24.6. The van der Waals surface area contributed by atoms with Gasteiger partial charge in [0.1, 0.15) is 0 Å². The Balaban J connectivity index is 1.22. The van der Waals surface area contributed by atoms with Gasteiger partial charge in [-0.2, -0.15) is 0 Å². The van der Waals surface area contributed by atoms with Crippen LogP contribution in [-0.4, -0.2) is 42.4 Å². The zero-order valence-electron chi connectivity index (χ0n) is 23.6. The minimum Gasteiger partial charge on any atom is -0.352 e. The highest BCUT2D eigenvalue weighted by Gasteiger charge is 2.29. The van der Waals surface area contributed by atoms with E-state index in [0.29, 0.717) is 29.6 Å². The second-order valence-corrected chi connectivity index (χ2v) is 11.9. The molecule has 3 aromatic carbocycles. The minimum atomic E-state index is -0.0498. The zero-order valence-corrected chi connectivity index (χ0v) is 24.4. The van der Waals surface area contributed by atoms with Crippen LogP contribution in [0.2, 0.25) is 0 Å². The molecule has 0 aliphatic carbocycles. The lowest BCUT2D eigenvalue weighted by atomic mass is 10.00. The largest absolute Gasteiger partial charge is 0.352 e. The van der Waals surface area contributed by atoms with Gasteiger partial charge in [0, 0.05) is 29.6 Å². The van der Waals surface area contributed by atoms with Crippen molar-refractivity contribution in [2.45, 2.75) is 63.4 Å². The molecule has 2 aliphatic heterocycles. The van der Waals surface area contributed by atoms with Crippen molar-refractivity contribution in [1.82, 2.24) is 10.2 Å². The number of amides is 2. The highest BCUT2D eigenvalue weighted by Crippen LogP contribution is 2.42. The number of fused-ring (bicyclic) bond motifs is 1. The number of carbonyl (C=O) groups excluding carboxylic acids is 2. The monoisotopic (exact) mass is 553 g/mol. The van der Waals surface area contributed by atoms with Crippen LogP contribution in [-0.2, 0) is 11.3 Å². The number of piperidine rings is 1. The molecule has 208 valence electrons. The number of likely N-dealkylation sites (tertiary alicyclic amines) is 1. The first-order chi connectivity index (χ1) is 19.5. The Morgan fingerprint density at radius 2 is 1.88 bits per heavy atom. The minimum absolute atomic E-state index is 0.00829. The lowest BCUT2D eigenvalue weighted by Gasteiger charge is -2.35. The Kier molecular flexibility index (Phi) is 9.40. The van der Waals surface area contributed by atoms with Crippen molar-refractivity contribution in [2.24, 2.45) is 0 Å². The quantitative estimate of drug-likeness (QED) is 0.228. The van der Waals surface area contributed by atoms with Gasteiger partial charge in [0.15, 0.2) is 0 Å². The Hall–Kier alpha value is -3.35. The predicted octanol–water partition coefficient (Wildman–Crippen LogP) is 7.06. The number of hydrogen-bond donors (Lipinski definition) is 1. The Bertz CT molecular complexity index is 1370. The van der Waals surface area contributed by atoms with Gasteiger partial charge in [0.25, 0.3) is 11.8 Å². The van der Waals surface area contributed by atoms with Gasteiger partial charge in [0.05, 0.1) is 17.1 Å². The molecule has 1 saturated heterocycles. The van der Waals surface area contributed by atoms with Crippen molar-refractivity contribution in [3.05, 3.63) is 100.0 Å². The molecule has 0 radical (unpaired) electrons. The average molecular weight is 554 g/mol. The van der Waals surface area contributed by atoms with Crippen molar-refractivity contribution < 1.29 is 9.59 Å². The summed E-state index contributed by atoms with van der Waals surface area (Å²) < 4.78 is 0. The van der Waals surface area contributed by atoms with E-state index in [0.717, 1.165) is 34.7 Å². The molecule has 0 spiro atoms. The fourth-order valence-corrected chi connectivity index (χ4v) is 6.76. The van der Waals surface area contributed by atoms with Gasteiger partial charge in [-0.25, -0.2) is 0 Å². The number of anilines is 1. The van der Waals surface area contributed by atoms with E-state index in [4.69, 9.17) is 0 Å². The number of para-hydroxylation sites is 1. The number of aryl methyl sites for hydroxylation is 1. The first-order valence-electron chi connectivity index (χ1n) is 14.5. The number of hydrogen-bond acceptors (Lipinski definition) is 4. The van der Waals surface area contributed by atoms with Crippen molar-refractivity contribution in [2.75, 3.05) is 24.5 Å². The normalized spacial score (nSPS) is 18.6. The molecule has 1 N–H and O–H groups in total. The molecule has 0 aromatic heterocycles. The molecule has 2 amide bonds. The van der Waals surface area contributed by atoms with Crippen LogP contribution >= 0.6 is 11.8 Å². The van der Waals surface area contributed by atoms with E-state index in [1.54, 1.807) is 0 Å². The molecule has 6 heteroatoms. The van der Waals surface area contributed by atoms with Crippen molar-refractivity contribution in [3.8, 4) is 0 Å². The standard InChI is InChI=1S/C34H39N3O2S/c1-3-29-12-6-7-20-36(29)21-9-19-35-33(38)28-17-15-26(16-18-28)23-32-34(39)37(24-27-11-8-10-25(2)22-27)30-13-4-5-14-31(30)40-32/h4-5,8,10-11,13-18,22-23,29H,3,6-7,9,12,19-21,24H2,1-2H3,(H,35,38)/b32-23+/t29-/m1/s1. The van der Waals surface area contributed by atoms with E-state index in [1.165, 1.54) is 49.6 Å². The average Bonchev–Trinajstić information content (AvgIpc) is 2.98. The molecule has 1 fully saturated rings. The van der Waals surface area contributed by atoms with Gasteiger partial charge in [-0.3, -0.25) is 9.59 Å². The number of benzene rings is 3. The fraction of sp³-hybridized carbons (Fsp3) is 0.353. The smallest absolute Gasteiger partial charge is 0.265 e. The van der Waals surface area contributed by atoms with E-state index >= 15 is 0 Å². The van der Waals surface area contributed by atoms with Crippen LogP contribution in [0.25, 0.3) is 6.08 Å². The van der Waals surface area contributed by atoms with E-state index in [-0.39, 0.29) is 11.8 Å². The van der Waals surface area contributed by atoms with E-state index in [9.17, 15) is 9.59 Å². The topological polar surface area (TPSA) is 52.7 Å². The molecular weight excluding hydrogens is 514 g/mol. The van der Waals surface area contributed by atoms with Crippen molar-refractivity contribution in [3.63, 3.8) is 0 Å². The van der Waals surface area contributed by atoms with Crippen LogP contribution in [0, 0.1) is 6.92 Å². The van der Waals surface area contributed by atoms with Crippen LogP contribution < -0.4 is 10.2 Å². The summed E-state index contributed by atoms with van der Waals surface area (Å²) in [7, 11) is 0. The molecule has 1 atom stereocenters. The summed E-state index contributed by atoms with van der Waals surface area (Å²) in [6.45, 7) is 7.76. The van der Waals surface area contributed by atoms with Crippen molar-refractivity contribution in [1.29, 1.82) is 0 Å². The van der Waals surface area contributed by atoms with Crippen molar-refractivity contribution >= 4 is 35.3 Å². The van der Waals surface area contributed by atoms with Gasteiger partial charge >= 0.3 is 0 Å². The third kappa shape index (κ3) is 6.86. The van der Waals surface area contributed by atoms with Crippen LogP contribution in [0.5, 0.6) is 0 Å². The van der Waals surface area contributed by atoms with Crippen LogP contribution in [0.1, 0.15) is 66.1 Å². The summed E-state index contributed by atoms with van der Waals surface area (Å²) in [5, 5.41) is 3.08. The molecule has 2 heterocycles. The molecule has 2 aliphatic rings. The third-order valence-corrected chi connectivity index (χ3v) is 8.93. The second kappa shape index (κ2) is 13.3. The molecular formula is C34H39N3O2S. The lowest BCUT2D eigenvalue weighted by Crippen LogP contribution is -2.40. The fourth-order valence-electron chi connectivity index (χ4n) is 5.70. The number of rotatable bonds is 9. The number of thioether (sulfide) groups is 1. The zero-order chi connectivity index (χ0) is 27.9. The summed E-state index contributed by atoms with van der Waals surface area (Å²) in [6.07, 6.45) is 8.02. The van der Waals surface area contributed by atoms with Gasteiger partial charge in [-0.15, -0.1) is 0 Å². The van der Waals surface area contributed by atoms with E-state index in [2.05, 4.69) is 48.3 Å². The van der Waals surface area contributed by atoms with Crippen LogP contribution in [0.15, 0.2) is 82.6 Å². The van der Waals surface area contributed by atoms with E-state index in [1.807, 2.05) is 59.5 Å². The molecule has 40 heavy (non-hydrogen) atoms. The summed E-state index contributed by atoms with van der Waals surface area (Å²) in [5.74, 6) is -0.0580. The van der Waals surface area contributed by atoms with Gasteiger partial charge in [-0.05, 0) is 80.6 Å². The molecule has 5 nitrogen and oxygen atoms in total. The number of nitrogens with zero attached hydrogens (tertiary/aromatic N) is 2. The summed E-state index contributed by atoms with van der Waals surface area (Å²) >= 11 is 1.50. The second-order valence-electron chi connectivity index (χ2n) is 10.8. The highest BCUT2D eigenvalue weighted by atomic mass is 32.2. The molecule has 0 saturated carbocycles. The third-order valence-electron chi connectivity index (χ3n) is 7.85. The Labute approximate surface area is 242 Å². The molecule has 0 bridgehead atoms. The van der Waals surface area contributed by atoms with Crippen LogP contribution in [0.4, 0.5) is 5.69 Å². The van der Waals surface area contributed by atoms with Gasteiger partial charge in [-0.1, -0.05) is 79.2 Å². The summed E-state index contributed by atoms with van der Waals surface area (Å²) in [4.78, 5) is 32.6. The first-order valence-corrected chi connectivity index (χ1v) is 15.3. The first kappa shape index (κ1) is 28.2. The molecule has 0 unspecified atom stereocenters. The Morgan fingerprint density at radius 1 is 1.05 bits per heavy atom. The Morgan fingerprint density at radius 3 is 2.67 bits per heavy atom. The van der Waals surface area contributed by atoms with Crippen LogP contribution in [0.3, 0.4) is 0 Å². The SMILES string of the molecule is CC[C@@H]1CCCCN1CCCNC(=O)c1ccc(/C=C2/Sc3ccccc3N(Cc3cccc(C)c3)C2=O)cc1. The predicted molar refractivity (Wildman–Crippen MR) is 166 cm³/mol. The maximum absolute atomic E-state index is 13.6. The lowest BCUT2D eigenvalue weighted by molar-refractivity contribution is -0.114. The maximum Gasteiger partial charge on any atom is 0.265 e. The highest BCUT2D eigenvalue weighted by molar-refractivity contribution is 8.04.